The standard InChI is InChI=1S/C22H22F4N2O3/c23-18-9-5-4-8-16(18)21(30)27-14-10-11-19(17(12-14)22(24,25)26)28-20(29)13-31-15-6-2-1-3-7-15/h4-5,8-12,15H,1-3,6-7,13H2,(H,27,30)(H,28,29). The summed E-state index contributed by atoms with van der Waals surface area (Å²) >= 11 is 0. The normalized spacial score (nSPS) is 14.8. The maximum Gasteiger partial charge on any atom is 0.418 e. The van der Waals surface area contributed by atoms with E-state index in [0.29, 0.717) is 6.07 Å². The number of nitrogens with one attached hydrogen (secondary N) is 2. The molecule has 2 amide bonds. The Bertz CT molecular complexity index is 941. The number of hydrogen-bond donors (Lipinski definition) is 2. The van der Waals surface area contributed by atoms with Crippen LogP contribution in [0.15, 0.2) is 42.5 Å². The van der Waals surface area contributed by atoms with Crippen LogP contribution >= 0.6 is 0 Å². The highest BCUT2D eigenvalue weighted by atomic mass is 19.4. The van der Waals surface area contributed by atoms with Crippen LogP contribution in [0, 0.1) is 5.82 Å². The molecule has 0 saturated heterocycles. The SMILES string of the molecule is O=C(COC1CCCCC1)Nc1ccc(NC(=O)c2ccccc2F)cc1C(F)(F)F. The van der Waals surface area contributed by atoms with Crippen LogP contribution < -0.4 is 10.6 Å². The van der Waals surface area contributed by atoms with E-state index in [9.17, 15) is 27.2 Å². The zero-order chi connectivity index (χ0) is 22.4. The van der Waals surface area contributed by atoms with Gasteiger partial charge in [-0.25, -0.2) is 4.39 Å². The number of alkyl halides is 3. The maximum atomic E-state index is 13.7. The van der Waals surface area contributed by atoms with Gasteiger partial charge in [0.1, 0.15) is 12.4 Å². The number of benzene rings is 2. The number of halogens is 4. The van der Waals surface area contributed by atoms with E-state index < -0.39 is 35.1 Å². The van der Waals surface area contributed by atoms with Crippen molar-refractivity contribution < 1.29 is 31.9 Å². The first-order chi connectivity index (χ1) is 14.7. The Morgan fingerprint density at radius 1 is 1.00 bits per heavy atom. The van der Waals surface area contributed by atoms with Gasteiger partial charge >= 0.3 is 6.18 Å². The van der Waals surface area contributed by atoms with Gasteiger partial charge in [0.2, 0.25) is 5.91 Å². The molecule has 3 rings (SSSR count). The molecule has 1 saturated carbocycles. The molecule has 0 unspecified atom stereocenters. The van der Waals surface area contributed by atoms with Gasteiger partial charge in [-0.05, 0) is 43.2 Å². The highest BCUT2D eigenvalue weighted by Gasteiger charge is 2.34. The number of rotatable bonds is 6. The van der Waals surface area contributed by atoms with E-state index in [4.69, 9.17) is 4.74 Å². The van der Waals surface area contributed by atoms with E-state index in [1.54, 1.807) is 0 Å². The van der Waals surface area contributed by atoms with E-state index >= 15 is 0 Å². The molecule has 0 heterocycles. The Morgan fingerprint density at radius 2 is 1.71 bits per heavy atom. The number of ether oxygens (including phenoxy) is 1. The highest BCUT2D eigenvalue weighted by Crippen LogP contribution is 2.36. The Kier molecular flexibility index (Phi) is 7.27. The minimum absolute atomic E-state index is 0.0578. The van der Waals surface area contributed by atoms with Crippen LogP contribution in [-0.4, -0.2) is 24.5 Å². The molecule has 2 aromatic rings. The van der Waals surface area contributed by atoms with Gasteiger partial charge in [-0.3, -0.25) is 9.59 Å². The van der Waals surface area contributed by atoms with Gasteiger partial charge in [0.05, 0.1) is 22.9 Å². The fourth-order valence-corrected chi connectivity index (χ4v) is 3.42. The predicted octanol–water partition coefficient (Wildman–Crippen LogP) is 5.38. The summed E-state index contributed by atoms with van der Waals surface area (Å²) in [7, 11) is 0. The van der Waals surface area contributed by atoms with Crippen molar-refractivity contribution in [3.8, 4) is 0 Å². The monoisotopic (exact) mass is 438 g/mol. The van der Waals surface area contributed by atoms with Gasteiger partial charge in [-0.15, -0.1) is 0 Å². The molecule has 0 aliphatic heterocycles. The predicted molar refractivity (Wildman–Crippen MR) is 107 cm³/mol. The Balaban J connectivity index is 1.70. The lowest BCUT2D eigenvalue weighted by Crippen LogP contribution is -2.25. The Hall–Kier alpha value is -2.94. The molecule has 9 heteroatoms. The lowest BCUT2D eigenvalue weighted by molar-refractivity contribution is -0.137. The summed E-state index contributed by atoms with van der Waals surface area (Å²) in [5, 5.41) is 4.47. The first-order valence-corrected chi connectivity index (χ1v) is 9.92. The van der Waals surface area contributed by atoms with Crippen LogP contribution in [0.4, 0.5) is 28.9 Å². The first-order valence-electron chi connectivity index (χ1n) is 9.92. The Morgan fingerprint density at radius 3 is 2.39 bits per heavy atom. The van der Waals surface area contributed by atoms with Crippen LogP contribution in [0.5, 0.6) is 0 Å². The average Bonchev–Trinajstić information content (AvgIpc) is 2.73. The molecule has 1 aliphatic carbocycles. The van der Waals surface area contributed by atoms with Crippen LogP contribution in [0.1, 0.15) is 48.0 Å². The van der Waals surface area contributed by atoms with Crippen molar-refractivity contribution in [1.29, 1.82) is 0 Å². The van der Waals surface area contributed by atoms with E-state index in [1.165, 1.54) is 24.3 Å². The molecule has 0 aromatic heterocycles. The number of carbonyl (C=O) groups excluding carboxylic acids is 2. The smallest absolute Gasteiger partial charge is 0.368 e. The zero-order valence-electron chi connectivity index (χ0n) is 16.6. The van der Waals surface area contributed by atoms with Crippen LogP contribution in [0.2, 0.25) is 0 Å². The molecule has 2 N–H and O–H groups in total. The lowest BCUT2D eigenvalue weighted by Gasteiger charge is -2.22. The van der Waals surface area contributed by atoms with Gasteiger partial charge in [0.25, 0.3) is 5.91 Å². The highest BCUT2D eigenvalue weighted by molar-refractivity contribution is 6.04. The Labute approximate surface area is 176 Å². The number of carbonyl (C=O) groups is 2. The minimum Gasteiger partial charge on any atom is -0.368 e. The van der Waals surface area contributed by atoms with Gasteiger partial charge in [-0.2, -0.15) is 13.2 Å². The number of hydrogen-bond acceptors (Lipinski definition) is 3. The first kappa shape index (κ1) is 22.7. The van der Waals surface area contributed by atoms with Gasteiger partial charge < -0.3 is 15.4 Å². The summed E-state index contributed by atoms with van der Waals surface area (Å²) in [6.07, 6.45) is -0.0613. The van der Waals surface area contributed by atoms with E-state index in [-0.39, 0.29) is 24.0 Å². The third-order valence-corrected chi connectivity index (χ3v) is 4.98. The quantitative estimate of drug-likeness (QED) is 0.595. The second-order valence-electron chi connectivity index (χ2n) is 7.31. The molecule has 31 heavy (non-hydrogen) atoms. The summed E-state index contributed by atoms with van der Waals surface area (Å²) in [6, 6.07) is 8.05. The largest absolute Gasteiger partial charge is 0.418 e. The van der Waals surface area contributed by atoms with Crippen molar-refractivity contribution in [3.05, 3.63) is 59.4 Å². The van der Waals surface area contributed by atoms with E-state index in [2.05, 4.69) is 10.6 Å². The molecular formula is C22H22F4N2O3. The third kappa shape index (κ3) is 6.27. The van der Waals surface area contributed by atoms with Crippen LogP contribution in [-0.2, 0) is 15.7 Å². The van der Waals surface area contributed by atoms with Crippen LogP contribution in [0.3, 0.4) is 0 Å². The number of anilines is 2. The second kappa shape index (κ2) is 9.91. The topological polar surface area (TPSA) is 67.4 Å². The van der Waals surface area contributed by atoms with E-state index in [1.807, 2.05) is 0 Å². The molecular weight excluding hydrogens is 416 g/mol. The lowest BCUT2D eigenvalue weighted by atomic mass is 9.98. The molecule has 5 nitrogen and oxygen atoms in total. The summed E-state index contributed by atoms with van der Waals surface area (Å²) in [5.41, 5.74) is -2.07. The van der Waals surface area contributed by atoms with Crippen molar-refractivity contribution >= 4 is 23.2 Å². The molecule has 166 valence electrons. The molecule has 2 aromatic carbocycles. The fraction of sp³-hybridized carbons (Fsp3) is 0.364. The molecule has 1 aliphatic rings. The van der Waals surface area contributed by atoms with Crippen molar-refractivity contribution in [3.63, 3.8) is 0 Å². The van der Waals surface area contributed by atoms with Gasteiger partial charge in [0.15, 0.2) is 0 Å². The van der Waals surface area contributed by atoms with Crippen molar-refractivity contribution in [2.24, 2.45) is 0 Å². The third-order valence-electron chi connectivity index (χ3n) is 4.98. The number of amides is 2. The summed E-state index contributed by atoms with van der Waals surface area (Å²) < 4.78 is 59.8. The van der Waals surface area contributed by atoms with E-state index in [0.717, 1.165) is 44.2 Å². The maximum absolute atomic E-state index is 13.7. The summed E-state index contributed by atoms with van der Waals surface area (Å²) in [6.45, 7) is -0.340. The minimum atomic E-state index is -4.79. The van der Waals surface area contributed by atoms with Gasteiger partial charge in [0, 0.05) is 5.69 Å². The van der Waals surface area contributed by atoms with Crippen molar-refractivity contribution in [2.45, 2.75) is 44.4 Å². The van der Waals surface area contributed by atoms with Gasteiger partial charge in [-0.1, -0.05) is 31.4 Å². The van der Waals surface area contributed by atoms with Crippen molar-refractivity contribution in [1.82, 2.24) is 0 Å². The molecule has 0 radical (unpaired) electrons. The second-order valence-corrected chi connectivity index (χ2v) is 7.31. The van der Waals surface area contributed by atoms with Crippen molar-refractivity contribution in [2.75, 3.05) is 17.2 Å². The zero-order valence-corrected chi connectivity index (χ0v) is 16.6. The average molecular weight is 438 g/mol. The molecule has 0 spiro atoms. The molecule has 0 atom stereocenters. The summed E-state index contributed by atoms with van der Waals surface area (Å²) in [5.74, 6) is -2.37. The van der Waals surface area contributed by atoms with Crippen LogP contribution in [0.25, 0.3) is 0 Å². The summed E-state index contributed by atoms with van der Waals surface area (Å²) in [4.78, 5) is 24.3. The molecule has 1 fully saturated rings. The fourth-order valence-electron chi connectivity index (χ4n) is 3.42. The molecule has 0 bridgehead atoms.